The molecule has 3 aromatic heterocycles. The van der Waals surface area contributed by atoms with E-state index in [1.165, 1.54) is 12.1 Å². The van der Waals surface area contributed by atoms with Crippen molar-refractivity contribution in [3.05, 3.63) is 120 Å². The summed E-state index contributed by atoms with van der Waals surface area (Å²) in [5.74, 6) is 0.818. The zero-order valence-electron chi connectivity index (χ0n) is 19.0. The minimum atomic E-state index is -0.413. The van der Waals surface area contributed by atoms with Gasteiger partial charge in [-0.25, -0.2) is 14.4 Å². The molecule has 2 aliphatic rings. The third kappa shape index (κ3) is 4.27. The lowest BCUT2D eigenvalue weighted by Crippen LogP contribution is -2.04. The fourth-order valence-electron chi connectivity index (χ4n) is 4.25. The minimum absolute atomic E-state index is 0.303. The number of hydrogen-bond acceptors (Lipinski definition) is 5. The molecule has 5 nitrogen and oxygen atoms in total. The van der Waals surface area contributed by atoms with Crippen LogP contribution in [0.1, 0.15) is 18.4 Å². The molecule has 0 saturated heterocycles. The lowest BCUT2D eigenvalue weighted by Gasteiger charge is -2.20. The van der Waals surface area contributed by atoms with E-state index in [0.717, 1.165) is 40.5 Å². The number of allylic oxidation sites excluding steroid dienone is 4. The molecule has 0 saturated carbocycles. The minimum Gasteiger partial charge on any atom is -0.465 e. The first kappa shape index (κ1) is 22.2. The summed E-state index contributed by atoms with van der Waals surface area (Å²) >= 11 is 6.15. The summed E-state index contributed by atoms with van der Waals surface area (Å²) < 4.78 is 26.5. The Morgan fingerprint density at radius 1 is 0.944 bits per heavy atom. The van der Waals surface area contributed by atoms with Gasteiger partial charge in [-0.05, 0) is 66.4 Å². The van der Waals surface area contributed by atoms with E-state index in [1.807, 2.05) is 36.4 Å². The van der Waals surface area contributed by atoms with Gasteiger partial charge in [0, 0.05) is 45.7 Å². The average Bonchev–Trinajstić information content (AvgIpc) is 2.94. The highest BCUT2D eigenvalue weighted by Gasteiger charge is 2.19. The van der Waals surface area contributed by atoms with Crippen LogP contribution in [0.3, 0.4) is 0 Å². The van der Waals surface area contributed by atoms with Gasteiger partial charge in [-0.15, -0.1) is 0 Å². The second-order valence-corrected chi connectivity index (χ2v) is 8.81. The van der Waals surface area contributed by atoms with Gasteiger partial charge in [-0.1, -0.05) is 29.8 Å². The zero-order chi connectivity index (χ0) is 24.5. The molecule has 4 aromatic rings. The SMILES string of the molecule is Fc1ccc(Cl)cc1-c1cc(-c2cncc(C3=COC=C(C4=CC=CCC4)O3)c2)c2cccnc2n1. The van der Waals surface area contributed by atoms with Crippen LogP contribution in [0.2, 0.25) is 5.02 Å². The largest absolute Gasteiger partial charge is 0.465 e. The summed E-state index contributed by atoms with van der Waals surface area (Å²) in [6.45, 7) is 0. The van der Waals surface area contributed by atoms with Crippen LogP contribution >= 0.6 is 11.6 Å². The molecule has 36 heavy (non-hydrogen) atoms. The second kappa shape index (κ2) is 9.40. The quantitative estimate of drug-likeness (QED) is 0.291. The first-order valence-electron chi connectivity index (χ1n) is 11.4. The smallest absolute Gasteiger partial charge is 0.171 e. The van der Waals surface area contributed by atoms with Gasteiger partial charge in [0.25, 0.3) is 0 Å². The number of hydrogen-bond donors (Lipinski definition) is 0. The van der Waals surface area contributed by atoms with E-state index in [-0.39, 0.29) is 0 Å². The third-order valence-corrected chi connectivity index (χ3v) is 6.26. The average molecular weight is 496 g/mol. The van der Waals surface area contributed by atoms with Gasteiger partial charge in [0.15, 0.2) is 17.2 Å². The zero-order valence-corrected chi connectivity index (χ0v) is 19.7. The lowest BCUT2D eigenvalue weighted by molar-refractivity contribution is 0.285. The van der Waals surface area contributed by atoms with Gasteiger partial charge in [0.2, 0.25) is 0 Å². The van der Waals surface area contributed by atoms with Crippen LogP contribution in [-0.2, 0) is 9.47 Å². The summed E-state index contributed by atoms with van der Waals surface area (Å²) in [6.07, 6.45) is 16.3. The summed E-state index contributed by atoms with van der Waals surface area (Å²) in [7, 11) is 0. The Bertz CT molecular complexity index is 1620. The molecular weight excluding hydrogens is 477 g/mol. The lowest BCUT2D eigenvalue weighted by atomic mass is 9.99. The molecule has 0 bridgehead atoms. The molecule has 0 radical (unpaired) electrons. The Labute approximate surface area is 211 Å². The highest BCUT2D eigenvalue weighted by atomic mass is 35.5. The van der Waals surface area contributed by atoms with E-state index in [9.17, 15) is 4.39 Å². The number of fused-ring (bicyclic) bond motifs is 1. The molecule has 176 valence electrons. The van der Waals surface area contributed by atoms with Crippen molar-refractivity contribution in [1.82, 2.24) is 15.0 Å². The van der Waals surface area contributed by atoms with Crippen molar-refractivity contribution in [2.75, 3.05) is 0 Å². The normalized spacial score (nSPS) is 15.0. The molecule has 6 rings (SSSR count). The fourth-order valence-corrected chi connectivity index (χ4v) is 4.42. The van der Waals surface area contributed by atoms with Crippen LogP contribution < -0.4 is 0 Å². The predicted octanol–water partition coefficient (Wildman–Crippen LogP) is 7.61. The standard InChI is InChI=1S/C29H19ClFN3O2/c30-21-8-9-25(31)24(12-21)26-13-23(22-7-4-10-33-29(22)34-26)19-11-20(15-32-14-19)28-17-35-16-27(36-28)18-5-2-1-3-6-18/h1-2,4-5,7-17H,3,6H2. The summed E-state index contributed by atoms with van der Waals surface area (Å²) in [5.41, 5.74) is 4.66. The Balaban J connectivity index is 1.42. The van der Waals surface area contributed by atoms with E-state index in [0.29, 0.717) is 33.4 Å². The van der Waals surface area contributed by atoms with E-state index in [1.54, 1.807) is 37.2 Å². The van der Waals surface area contributed by atoms with Gasteiger partial charge >= 0.3 is 0 Å². The second-order valence-electron chi connectivity index (χ2n) is 8.38. The number of ether oxygens (including phenoxy) is 2. The Morgan fingerprint density at radius 2 is 1.83 bits per heavy atom. The first-order valence-corrected chi connectivity index (χ1v) is 11.8. The summed E-state index contributed by atoms with van der Waals surface area (Å²) in [6, 6.07) is 12.0. The molecule has 4 heterocycles. The maximum Gasteiger partial charge on any atom is 0.171 e. The Hall–Kier alpha value is -4.29. The number of rotatable bonds is 4. The molecule has 1 aliphatic carbocycles. The van der Waals surface area contributed by atoms with Crippen LogP contribution in [0.25, 0.3) is 39.2 Å². The van der Waals surface area contributed by atoms with Crippen molar-refractivity contribution in [3.63, 3.8) is 0 Å². The Kier molecular flexibility index (Phi) is 5.79. The van der Waals surface area contributed by atoms with Crippen LogP contribution in [0.5, 0.6) is 0 Å². The summed E-state index contributed by atoms with van der Waals surface area (Å²) in [4.78, 5) is 13.5. The van der Waals surface area contributed by atoms with Gasteiger partial charge in [0.05, 0.1) is 5.69 Å². The van der Waals surface area contributed by atoms with E-state index in [2.05, 4.69) is 21.0 Å². The first-order chi connectivity index (χ1) is 17.7. The van der Waals surface area contributed by atoms with Crippen LogP contribution in [0.15, 0.2) is 103 Å². The fraction of sp³-hybridized carbons (Fsp3) is 0.0690. The molecule has 0 amide bonds. The van der Waals surface area contributed by atoms with Gasteiger partial charge in [-0.3, -0.25) is 4.98 Å². The molecule has 0 fully saturated rings. The maximum atomic E-state index is 14.7. The molecule has 7 heteroatoms. The molecule has 0 unspecified atom stereocenters. The van der Waals surface area contributed by atoms with Crippen LogP contribution in [0.4, 0.5) is 4.39 Å². The van der Waals surface area contributed by atoms with Crippen molar-refractivity contribution < 1.29 is 13.9 Å². The number of halogens is 2. The molecule has 0 N–H and O–H groups in total. The predicted molar refractivity (Wildman–Crippen MR) is 138 cm³/mol. The van der Waals surface area contributed by atoms with Crippen molar-refractivity contribution >= 4 is 28.4 Å². The Morgan fingerprint density at radius 3 is 2.72 bits per heavy atom. The number of nitrogens with zero attached hydrogens (tertiary/aromatic N) is 3. The highest BCUT2D eigenvalue weighted by Crippen LogP contribution is 2.35. The molecule has 0 atom stereocenters. The van der Waals surface area contributed by atoms with Crippen LogP contribution in [0, 0.1) is 5.82 Å². The number of benzene rings is 1. The van der Waals surface area contributed by atoms with Gasteiger partial charge in [-0.2, -0.15) is 0 Å². The maximum absolute atomic E-state index is 14.7. The van der Waals surface area contributed by atoms with Crippen molar-refractivity contribution in [2.24, 2.45) is 0 Å². The molecule has 1 aliphatic heterocycles. The molecule has 0 spiro atoms. The van der Waals surface area contributed by atoms with E-state index >= 15 is 0 Å². The third-order valence-electron chi connectivity index (χ3n) is 6.02. The topological polar surface area (TPSA) is 57.1 Å². The number of pyridine rings is 3. The van der Waals surface area contributed by atoms with Gasteiger partial charge in [0.1, 0.15) is 18.3 Å². The molecule has 1 aromatic carbocycles. The highest BCUT2D eigenvalue weighted by molar-refractivity contribution is 6.30. The van der Waals surface area contributed by atoms with E-state index < -0.39 is 5.82 Å². The van der Waals surface area contributed by atoms with Crippen molar-refractivity contribution in [3.8, 4) is 22.4 Å². The molecular formula is C29H19ClFN3O2. The monoisotopic (exact) mass is 495 g/mol. The van der Waals surface area contributed by atoms with Crippen LogP contribution in [-0.4, -0.2) is 15.0 Å². The van der Waals surface area contributed by atoms with Crippen molar-refractivity contribution in [1.29, 1.82) is 0 Å². The van der Waals surface area contributed by atoms with Gasteiger partial charge < -0.3 is 9.47 Å². The van der Waals surface area contributed by atoms with Crippen molar-refractivity contribution in [2.45, 2.75) is 12.8 Å². The van der Waals surface area contributed by atoms with E-state index in [4.69, 9.17) is 21.1 Å². The summed E-state index contributed by atoms with van der Waals surface area (Å²) in [5, 5.41) is 1.24. The number of aromatic nitrogens is 3.